The van der Waals surface area contributed by atoms with Crippen LogP contribution in [0.25, 0.3) is 5.69 Å². The number of pyridine rings is 1. The second-order valence-electron chi connectivity index (χ2n) is 12.0. The van der Waals surface area contributed by atoms with Crippen LogP contribution in [0.3, 0.4) is 0 Å². The summed E-state index contributed by atoms with van der Waals surface area (Å²) in [6.07, 6.45) is 0.586. The molecule has 1 aliphatic rings. The molecule has 5 rings (SSSR count). The Morgan fingerprint density at radius 1 is 1.04 bits per heavy atom. The van der Waals surface area contributed by atoms with Crippen LogP contribution in [0.2, 0.25) is 0 Å². The highest BCUT2D eigenvalue weighted by Crippen LogP contribution is 2.42. The van der Waals surface area contributed by atoms with Crippen molar-refractivity contribution in [1.82, 2.24) is 20.1 Å². The number of carbonyl (C=O) groups is 3. The maximum atomic E-state index is 15.4. The summed E-state index contributed by atoms with van der Waals surface area (Å²) >= 11 is 0. The van der Waals surface area contributed by atoms with Crippen molar-refractivity contribution in [2.75, 3.05) is 5.32 Å². The smallest absolute Gasteiger partial charge is 0.435 e. The standard InChI is InChI=1S/C34H34F4N6O4/c1-20(2)30(45)42-33(13-12-21-8-9-21,24-6-4-14-40-18-24)23-10-11-26(35)27(16-23)41-31(46)28-17-29(34(36,37)38)43-44(28)25-7-3-5-22(15-25)19-48-32(39)47/h3-7,10-11,14-18,20-21H,8-9,12-13,19H2,1-2H3,(H2,39,47)(H,41,46)(H,42,45). The van der Waals surface area contributed by atoms with Gasteiger partial charge in [0.2, 0.25) is 5.91 Å². The summed E-state index contributed by atoms with van der Waals surface area (Å²) in [7, 11) is 0. The van der Waals surface area contributed by atoms with Crippen molar-refractivity contribution in [1.29, 1.82) is 0 Å². The summed E-state index contributed by atoms with van der Waals surface area (Å²) < 4.78 is 62.3. The lowest BCUT2D eigenvalue weighted by atomic mass is 9.78. The predicted octanol–water partition coefficient (Wildman–Crippen LogP) is 6.48. The number of nitrogens with one attached hydrogen (secondary N) is 2. The predicted molar refractivity (Wildman–Crippen MR) is 167 cm³/mol. The van der Waals surface area contributed by atoms with Gasteiger partial charge < -0.3 is 21.1 Å². The van der Waals surface area contributed by atoms with Crippen molar-refractivity contribution in [3.8, 4) is 5.69 Å². The van der Waals surface area contributed by atoms with E-state index in [2.05, 4.69) is 20.7 Å². The monoisotopic (exact) mass is 666 g/mol. The van der Waals surface area contributed by atoms with Crippen LogP contribution in [-0.4, -0.2) is 32.7 Å². The van der Waals surface area contributed by atoms with Crippen molar-refractivity contribution in [2.45, 2.75) is 57.9 Å². The van der Waals surface area contributed by atoms with Gasteiger partial charge in [-0.15, -0.1) is 0 Å². The number of benzene rings is 2. The molecule has 4 aromatic rings. The number of hydrogen-bond donors (Lipinski definition) is 3. The number of ether oxygens (including phenoxy) is 1. The molecule has 0 aliphatic heterocycles. The zero-order valence-electron chi connectivity index (χ0n) is 26.2. The number of hydrogen-bond acceptors (Lipinski definition) is 6. The topological polar surface area (TPSA) is 141 Å². The van der Waals surface area contributed by atoms with Crippen LogP contribution in [-0.2, 0) is 27.9 Å². The Morgan fingerprint density at radius 2 is 1.81 bits per heavy atom. The van der Waals surface area contributed by atoms with Gasteiger partial charge in [-0.1, -0.05) is 51.0 Å². The van der Waals surface area contributed by atoms with Crippen LogP contribution in [0.1, 0.15) is 72.4 Å². The molecule has 2 aromatic heterocycles. The highest BCUT2D eigenvalue weighted by molar-refractivity contribution is 6.03. The van der Waals surface area contributed by atoms with Gasteiger partial charge in [0, 0.05) is 29.9 Å². The fourth-order valence-corrected chi connectivity index (χ4v) is 5.34. The molecule has 2 heterocycles. The normalized spacial score (nSPS) is 14.3. The Hall–Kier alpha value is -5.27. The van der Waals surface area contributed by atoms with Crippen molar-refractivity contribution >= 4 is 23.6 Å². The highest BCUT2D eigenvalue weighted by atomic mass is 19.4. The molecule has 0 saturated heterocycles. The van der Waals surface area contributed by atoms with Gasteiger partial charge >= 0.3 is 12.3 Å². The summed E-state index contributed by atoms with van der Waals surface area (Å²) in [6.45, 7) is 3.22. The molecule has 252 valence electrons. The third-order valence-electron chi connectivity index (χ3n) is 8.12. The molecular formula is C34H34F4N6O4. The summed E-state index contributed by atoms with van der Waals surface area (Å²) in [6, 6.07) is 13.9. The lowest BCUT2D eigenvalue weighted by Crippen LogP contribution is -2.48. The second-order valence-corrected chi connectivity index (χ2v) is 12.0. The van der Waals surface area contributed by atoms with Crippen LogP contribution in [0.15, 0.2) is 73.1 Å². The molecule has 0 radical (unpaired) electrons. The first-order valence-electron chi connectivity index (χ1n) is 15.3. The molecule has 10 nitrogen and oxygen atoms in total. The Morgan fingerprint density at radius 3 is 2.46 bits per heavy atom. The molecular weight excluding hydrogens is 632 g/mol. The summed E-state index contributed by atoms with van der Waals surface area (Å²) in [5.74, 6) is -2.09. The molecule has 14 heteroatoms. The Bertz CT molecular complexity index is 1810. The first-order chi connectivity index (χ1) is 22.8. The number of primary amides is 1. The fraction of sp³-hybridized carbons (Fsp3) is 0.324. The minimum absolute atomic E-state index is 0.0440. The van der Waals surface area contributed by atoms with E-state index in [9.17, 15) is 27.6 Å². The summed E-state index contributed by atoms with van der Waals surface area (Å²) in [4.78, 5) is 42.2. The number of amides is 3. The average Bonchev–Trinajstić information content (AvgIpc) is 3.77. The molecule has 3 amide bonds. The van der Waals surface area contributed by atoms with E-state index in [1.165, 1.54) is 36.4 Å². The quantitative estimate of drug-likeness (QED) is 0.148. The maximum absolute atomic E-state index is 15.4. The zero-order chi connectivity index (χ0) is 34.6. The van der Waals surface area contributed by atoms with Gasteiger partial charge in [-0.3, -0.25) is 14.6 Å². The Kier molecular flexibility index (Phi) is 9.82. The van der Waals surface area contributed by atoms with Crippen LogP contribution in [0, 0.1) is 17.7 Å². The number of aromatic nitrogens is 3. The third-order valence-corrected chi connectivity index (χ3v) is 8.12. The average molecular weight is 667 g/mol. The SMILES string of the molecule is CC(C)C(=O)NC(CCC1CC1)(c1cccnc1)c1ccc(F)c(NC(=O)c2cc(C(F)(F)F)nn2-c2cccc(COC(N)=O)c2)c1. The van der Waals surface area contributed by atoms with Crippen molar-refractivity contribution < 1.29 is 36.7 Å². The van der Waals surface area contributed by atoms with E-state index in [0.717, 1.165) is 30.0 Å². The van der Waals surface area contributed by atoms with Crippen LogP contribution in [0.4, 0.5) is 28.0 Å². The van der Waals surface area contributed by atoms with Gasteiger partial charge in [-0.05, 0) is 60.2 Å². The summed E-state index contributed by atoms with van der Waals surface area (Å²) in [5, 5.41) is 9.19. The van der Waals surface area contributed by atoms with Crippen molar-refractivity contribution in [3.05, 3.63) is 107 Å². The van der Waals surface area contributed by atoms with Crippen LogP contribution >= 0.6 is 0 Å². The number of carbonyl (C=O) groups excluding carboxylic acids is 3. The fourth-order valence-electron chi connectivity index (χ4n) is 5.34. The van der Waals surface area contributed by atoms with E-state index in [-0.39, 0.29) is 29.8 Å². The number of nitrogens with two attached hydrogens (primary N) is 1. The van der Waals surface area contributed by atoms with E-state index in [0.29, 0.717) is 35.1 Å². The third kappa shape index (κ3) is 7.81. The summed E-state index contributed by atoms with van der Waals surface area (Å²) in [5.41, 5.74) is 3.17. The lowest BCUT2D eigenvalue weighted by Gasteiger charge is -2.37. The molecule has 48 heavy (non-hydrogen) atoms. The van der Waals surface area contributed by atoms with Crippen LogP contribution < -0.4 is 16.4 Å². The number of nitrogens with zero attached hydrogens (tertiary/aromatic N) is 3. The van der Waals surface area contributed by atoms with Gasteiger partial charge in [0.1, 0.15) is 18.1 Å². The molecule has 2 aromatic carbocycles. The minimum Gasteiger partial charge on any atom is -0.445 e. The van der Waals surface area contributed by atoms with Gasteiger partial charge in [0.05, 0.1) is 16.9 Å². The number of rotatable bonds is 12. The molecule has 0 bridgehead atoms. The van der Waals surface area contributed by atoms with Gasteiger partial charge in [-0.2, -0.15) is 18.3 Å². The van der Waals surface area contributed by atoms with E-state index in [4.69, 9.17) is 10.5 Å². The highest BCUT2D eigenvalue weighted by Gasteiger charge is 2.40. The van der Waals surface area contributed by atoms with E-state index in [1.54, 1.807) is 32.3 Å². The molecule has 1 aliphatic carbocycles. The number of anilines is 1. The lowest BCUT2D eigenvalue weighted by molar-refractivity contribution is -0.141. The number of alkyl halides is 3. The molecule has 1 unspecified atom stereocenters. The Balaban J connectivity index is 1.55. The van der Waals surface area contributed by atoms with E-state index in [1.807, 2.05) is 6.07 Å². The van der Waals surface area contributed by atoms with E-state index < -0.39 is 40.9 Å². The minimum atomic E-state index is -4.91. The van der Waals surface area contributed by atoms with Crippen molar-refractivity contribution in [2.24, 2.45) is 17.6 Å². The molecule has 4 N–H and O–H groups in total. The number of halogens is 4. The first-order valence-corrected chi connectivity index (χ1v) is 15.3. The maximum Gasteiger partial charge on any atom is 0.435 e. The molecule has 1 atom stereocenters. The van der Waals surface area contributed by atoms with Gasteiger partial charge in [-0.25, -0.2) is 13.9 Å². The molecule has 0 spiro atoms. The van der Waals surface area contributed by atoms with Gasteiger partial charge in [0.25, 0.3) is 5.91 Å². The van der Waals surface area contributed by atoms with Crippen LogP contribution in [0.5, 0.6) is 0 Å². The van der Waals surface area contributed by atoms with Crippen molar-refractivity contribution in [3.63, 3.8) is 0 Å². The second kappa shape index (κ2) is 13.8. The van der Waals surface area contributed by atoms with E-state index >= 15 is 4.39 Å². The Labute approximate surface area is 273 Å². The van der Waals surface area contributed by atoms with Gasteiger partial charge in [0.15, 0.2) is 5.69 Å². The molecule has 1 fully saturated rings. The molecule has 1 saturated carbocycles. The first kappa shape index (κ1) is 34.1. The largest absolute Gasteiger partial charge is 0.445 e. The zero-order valence-corrected chi connectivity index (χ0v) is 26.2.